The largest absolute Gasteiger partial charge is 0.497 e. The van der Waals surface area contributed by atoms with Crippen LogP contribution in [0, 0.1) is 0 Å². The summed E-state index contributed by atoms with van der Waals surface area (Å²) in [6.07, 6.45) is 1.89. The van der Waals surface area contributed by atoms with Gasteiger partial charge in [0.15, 0.2) is 5.78 Å². The van der Waals surface area contributed by atoms with Gasteiger partial charge in [-0.3, -0.25) is 4.79 Å². The first-order valence-electron chi connectivity index (χ1n) is 8.88. The predicted molar refractivity (Wildman–Crippen MR) is 103 cm³/mol. The number of nitrogens with zero attached hydrogens (tertiary/aromatic N) is 1. The number of likely N-dealkylation sites (tertiary alicyclic amines) is 1. The zero-order valence-corrected chi connectivity index (χ0v) is 16.1. The number of hydrogen-bond donors (Lipinski definition) is 1. The minimum absolute atomic E-state index is 0.0608. The second-order valence-electron chi connectivity index (χ2n) is 6.59. The smallest absolute Gasteiger partial charge is 0.169 e. The third-order valence-electron chi connectivity index (χ3n) is 4.46. The number of β-amino-alcohol motifs (C(OH)–C–C–N with tert-alkyl or cyclic N) is 1. The van der Waals surface area contributed by atoms with Crippen molar-refractivity contribution in [2.75, 3.05) is 33.4 Å². The molecule has 1 N–H and O–H groups in total. The molecule has 1 aromatic carbocycles. The Kier molecular flexibility index (Phi) is 6.29. The molecule has 2 aromatic rings. The fourth-order valence-electron chi connectivity index (χ4n) is 3.11. The van der Waals surface area contributed by atoms with E-state index >= 15 is 0 Å². The molecule has 3 rings (SSSR count). The molecule has 1 aromatic heterocycles. The highest BCUT2D eigenvalue weighted by Gasteiger charge is 2.16. The van der Waals surface area contributed by atoms with E-state index in [4.69, 9.17) is 9.47 Å². The Morgan fingerprint density at radius 1 is 1.23 bits per heavy atom. The number of thiophene rings is 1. The Hall–Kier alpha value is -1.89. The first kappa shape index (κ1) is 18.9. The van der Waals surface area contributed by atoms with Gasteiger partial charge in [-0.15, -0.1) is 11.3 Å². The number of Topliss-reactive ketones (excluding diaryl/α,β-unsaturated/α-hetero) is 1. The van der Waals surface area contributed by atoms with Crippen LogP contribution in [0.5, 0.6) is 11.5 Å². The molecule has 0 bridgehead atoms. The topological polar surface area (TPSA) is 59.0 Å². The van der Waals surface area contributed by atoms with Gasteiger partial charge >= 0.3 is 0 Å². The van der Waals surface area contributed by atoms with Gasteiger partial charge in [-0.25, -0.2) is 0 Å². The van der Waals surface area contributed by atoms with E-state index in [9.17, 15) is 9.90 Å². The normalized spacial score (nSPS) is 15.8. The lowest BCUT2D eigenvalue weighted by atomic mass is 10.1. The zero-order valence-electron chi connectivity index (χ0n) is 15.2. The number of benzene rings is 1. The van der Waals surface area contributed by atoms with Gasteiger partial charge in [0.1, 0.15) is 24.2 Å². The van der Waals surface area contributed by atoms with E-state index in [1.54, 1.807) is 14.0 Å². The highest BCUT2D eigenvalue weighted by molar-refractivity contribution is 7.17. The Bertz CT molecular complexity index is 752. The average molecular weight is 375 g/mol. The maximum atomic E-state index is 11.5. The Balaban J connectivity index is 1.69. The maximum absolute atomic E-state index is 11.5. The van der Waals surface area contributed by atoms with Gasteiger partial charge in [0.25, 0.3) is 0 Å². The number of ether oxygens (including phenoxy) is 2. The molecule has 0 saturated carbocycles. The molecule has 5 nitrogen and oxygen atoms in total. The summed E-state index contributed by atoms with van der Waals surface area (Å²) < 4.78 is 11.2. The van der Waals surface area contributed by atoms with Crippen LogP contribution in [-0.2, 0) is 0 Å². The van der Waals surface area contributed by atoms with E-state index in [2.05, 4.69) is 4.90 Å². The van der Waals surface area contributed by atoms with E-state index in [0.717, 1.165) is 28.4 Å². The lowest BCUT2D eigenvalue weighted by Gasteiger charge is -2.20. The molecule has 1 aliphatic heterocycles. The highest BCUT2D eigenvalue weighted by Crippen LogP contribution is 2.34. The summed E-state index contributed by atoms with van der Waals surface area (Å²) in [6, 6.07) is 9.42. The summed E-state index contributed by atoms with van der Waals surface area (Å²) in [4.78, 5) is 15.5. The molecule has 1 atom stereocenters. The number of carbonyl (C=O) groups is 1. The van der Waals surface area contributed by atoms with Gasteiger partial charge in [0.2, 0.25) is 0 Å². The molecule has 1 fully saturated rings. The van der Waals surface area contributed by atoms with Crippen molar-refractivity contribution in [2.24, 2.45) is 0 Å². The van der Waals surface area contributed by atoms with Crippen LogP contribution in [0.25, 0.3) is 10.4 Å². The van der Waals surface area contributed by atoms with Gasteiger partial charge in [-0.1, -0.05) is 0 Å². The molecule has 0 radical (unpaired) electrons. The van der Waals surface area contributed by atoms with Crippen molar-refractivity contribution >= 4 is 17.1 Å². The minimum atomic E-state index is -0.520. The number of ketones is 1. The first-order chi connectivity index (χ1) is 12.5. The van der Waals surface area contributed by atoms with Gasteiger partial charge in [-0.2, -0.15) is 0 Å². The van der Waals surface area contributed by atoms with Gasteiger partial charge < -0.3 is 19.5 Å². The summed E-state index contributed by atoms with van der Waals surface area (Å²) in [5.74, 6) is 1.40. The number of carbonyl (C=O) groups excluding carboxylic acids is 1. The van der Waals surface area contributed by atoms with Crippen LogP contribution in [0.2, 0.25) is 0 Å². The lowest BCUT2D eigenvalue weighted by molar-refractivity contribution is 0.0757. The summed E-state index contributed by atoms with van der Waals surface area (Å²) in [5, 5.41) is 10.2. The predicted octanol–water partition coefficient (Wildman–Crippen LogP) is 3.46. The van der Waals surface area contributed by atoms with Gasteiger partial charge in [0, 0.05) is 17.5 Å². The van der Waals surface area contributed by atoms with E-state index in [1.165, 1.54) is 24.2 Å². The number of aliphatic hydroxyl groups excluding tert-OH is 1. The van der Waals surface area contributed by atoms with Crippen molar-refractivity contribution in [3.8, 4) is 21.9 Å². The molecule has 6 heteroatoms. The summed E-state index contributed by atoms with van der Waals surface area (Å²) >= 11 is 1.45. The standard InChI is InChI=1S/C20H25NO4S/c1-14(22)19-5-6-20(26-19)15-9-17(24-2)11-18(10-15)25-13-16(23)12-21-7-3-4-8-21/h5-6,9-11,16,23H,3-4,7-8,12-13H2,1-2H3. The molecule has 1 saturated heterocycles. The van der Waals surface area contributed by atoms with Gasteiger partial charge in [0.05, 0.1) is 12.0 Å². The Morgan fingerprint density at radius 2 is 1.96 bits per heavy atom. The SMILES string of the molecule is COc1cc(OCC(O)CN2CCCC2)cc(-c2ccc(C(C)=O)s2)c1. The average Bonchev–Trinajstić information content (AvgIpc) is 3.31. The Labute approximate surface area is 158 Å². The first-order valence-corrected chi connectivity index (χ1v) is 9.70. The van der Waals surface area contributed by atoms with Crippen LogP contribution >= 0.6 is 11.3 Å². The van der Waals surface area contributed by atoms with Crippen LogP contribution in [0.4, 0.5) is 0 Å². The second-order valence-corrected chi connectivity index (χ2v) is 7.67. The molecular formula is C20H25NO4S. The monoisotopic (exact) mass is 375 g/mol. The maximum Gasteiger partial charge on any atom is 0.169 e. The molecular weight excluding hydrogens is 350 g/mol. The quantitative estimate of drug-likeness (QED) is 0.716. The summed E-state index contributed by atoms with van der Waals surface area (Å²) in [5.41, 5.74) is 0.936. The van der Waals surface area contributed by atoms with Crippen LogP contribution in [0.1, 0.15) is 29.4 Å². The summed E-state index contributed by atoms with van der Waals surface area (Å²) in [7, 11) is 1.61. The number of methoxy groups -OCH3 is 1. The molecule has 140 valence electrons. The number of rotatable bonds is 8. The van der Waals surface area contributed by atoms with Crippen molar-refractivity contribution in [2.45, 2.75) is 25.9 Å². The lowest BCUT2D eigenvalue weighted by Crippen LogP contribution is -2.33. The van der Waals surface area contributed by atoms with Crippen LogP contribution in [0.3, 0.4) is 0 Å². The van der Waals surface area contributed by atoms with E-state index in [-0.39, 0.29) is 12.4 Å². The van der Waals surface area contributed by atoms with Crippen molar-refractivity contribution in [1.29, 1.82) is 0 Å². The molecule has 1 aliphatic rings. The van der Waals surface area contributed by atoms with Crippen molar-refractivity contribution < 1.29 is 19.4 Å². The highest BCUT2D eigenvalue weighted by atomic mass is 32.1. The number of aliphatic hydroxyl groups is 1. The third-order valence-corrected chi connectivity index (χ3v) is 5.70. The van der Waals surface area contributed by atoms with Crippen molar-refractivity contribution in [3.63, 3.8) is 0 Å². The van der Waals surface area contributed by atoms with Gasteiger partial charge in [-0.05, 0) is 62.7 Å². The molecule has 0 aliphatic carbocycles. The molecule has 0 amide bonds. The summed E-state index contributed by atoms with van der Waals surface area (Å²) in [6.45, 7) is 4.56. The zero-order chi connectivity index (χ0) is 18.5. The second kappa shape index (κ2) is 8.66. The Morgan fingerprint density at radius 3 is 2.62 bits per heavy atom. The van der Waals surface area contributed by atoms with E-state index < -0.39 is 6.10 Å². The van der Waals surface area contributed by atoms with E-state index in [1.807, 2.05) is 30.3 Å². The fourth-order valence-corrected chi connectivity index (χ4v) is 3.99. The molecule has 26 heavy (non-hydrogen) atoms. The van der Waals surface area contributed by atoms with Crippen molar-refractivity contribution in [1.82, 2.24) is 4.90 Å². The van der Waals surface area contributed by atoms with Crippen LogP contribution < -0.4 is 9.47 Å². The van der Waals surface area contributed by atoms with Crippen LogP contribution in [0.15, 0.2) is 30.3 Å². The van der Waals surface area contributed by atoms with Crippen molar-refractivity contribution in [3.05, 3.63) is 35.2 Å². The molecule has 2 heterocycles. The molecule has 1 unspecified atom stereocenters. The van der Waals surface area contributed by atoms with E-state index in [0.29, 0.717) is 18.0 Å². The fraction of sp³-hybridized carbons (Fsp3) is 0.450. The van der Waals surface area contributed by atoms with Crippen LogP contribution in [-0.4, -0.2) is 55.2 Å². The third kappa shape index (κ3) is 4.84. The molecule has 0 spiro atoms. The number of hydrogen-bond acceptors (Lipinski definition) is 6. The minimum Gasteiger partial charge on any atom is -0.497 e.